The van der Waals surface area contributed by atoms with Crippen LogP contribution in [-0.4, -0.2) is 22.8 Å². The average molecular weight is 418 g/mol. The first-order valence-corrected chi connectivity index (χ1v) is 10.4. The first kappa shape index (κ1) is 20.2. The minimum Gasteiger partial charge on any atom is -0.340 e. The highest BCUT2D eigenvalue weighted by Crippen LogP contribution is 2.30. The summed E-state index contributed by atoms with van der Waals surface area (Å²) in [6.07, 6.45) is 0. The molecular weight excluding hydrogens is 397 g/mol. The van der Waals surface area contributed by atoms with E-state index >= 15 is 0 Å². The Bertz CT molecular complexity index is 997. The molecule has 5 nitrogen and oxygen atoms in total. The minimum atomic E-state index is -0.816. The van der Waals surface area contributed by atoms with Gasteiger partial charge in [0.25, 0.3) is 5.91 Å². The van der Waals surface area contributed by atoms with Crippen LogP contribution in [0.1, 0.15) is 29.1 Å². The summed E-state index contributed by atoms with van der Waals surface area (Å²) < 4.78 is 13.8. The molecular formula is C20H20FN3O2S2. The number of nitrogens with one attached hydrogen (secondary N) is 2. The number of carbonyl (C=O) groups excluding carboxylic acids is 2. The number of carbonyl (C=O) groups is 2. The van der Waals surface area contributed by atoms with Gasteiger partial charge in [-0.3, -0.25) is 9.59 Å². The molecule has 0 fully saturated rings. The van der Waals surface area contributed by atoms with E-state index in [9.17, 15) is 14.0 Å². The summed E-state index contributed by atoms with van der Waals surface area (Å²) in [5.41, 5.74) is 0.709. The Morgan fingerprint density at radius 2 is 1.89 bits per heavy atom. The van der Waals surface area contributed by atoms with Crippen LogP contribution in [0.5, 0.6) is 0 Å². The van der Waals surface area contributed by atoms with E-state index in [-0.39, 0.29) is 17.4 Å². The fourth-order valence-electron chi connectivity index (χ4n) is 2.60. The number of anilines is 1. The van der Waals surface area contributed by atoms with Gasteiger partial charge in [0.15, 0.2) is 5.13 Å². The van der Waals surface area contributed by atoms with Crippen molar-refractivity contribution in [3.05, 3.63) is 58.0 Å². The molecule has 2 aromatic heterocycles. The molecule has 1 atom stereocenters. The van der Waals surface area contributed by atoms with E-state index in [1.165, 1.54) is 34.4 Å². The number of rotatable bonds is 6. The van der Waals surface area contributed by atoms with Crippen molar-refractivity contribution in [2.45, 2.75) is 26.8 Å². The van der Waals surface area contributed by atoms with E-state index in [2.05, 4.69) is 15.6 Å². The van der Waals surface area contributed by atoms with Crippen LogP contribution in [0, 0.1) is 18.7 Å². The van der Waals surface area contributed by atoms with E-state index in [1.807, 2.05) is 38.3 Å². The molecule has 2 amide bonds. The lowest BCUT2D eigenvalue weighted by atomic mass is 10.0. The van der Waals surface area contributed by atoms with Crippen LogP contribution < -0.4 is 10.6 Å². The van der Waals surface area contributed by atoms with E-state index in [4.69, 9.17) is 0 Å². The van der Waals surface area contributed by atoms with Gasteiger partial charge in [-0.05, 0) is 37.1 Å². The van der Waals surface area contributed by atoms with Gasteiger partial charge in [0, 0.05) is 10.3 Å². The van der Waals surface area contributed by atoms with Crippen molar-refractivity contribution in [2.24, 2.45) is 5.92 Å². The smallest absolute Gasteiger partial charge is 0.254 e. The predicted octanol–water partition coefficient (Wildman–Crippen LogP) is 4.71. The van der Waals surface area contributed by atoms with E-state index in [1.54, 1.807) is 17.4 Å². The largest absolute Gasteiger partial charge is 0.340 e. The van der Waals surface area contributed by atoms with Crippen LogP contribution in [0.25, 0.3) is 10.6 Å². The van der Waals surface area contributed by atoms with Gasteiger partial charge in [-0.15, -0.1) is 22.7 Å². The maximum absolute atomic E-state index is 13.8. The molecule has 0 aliphatic rings. The maximum Gasteiger partial charge on any atom is 0.254 e. The SMILES string of the molecule is Cc1ccc(-c2csc(NC(=O)[C@@H](NC(=O)c3ccccc3F)C(C)C)n2)s1. The van der Waals surface area contributed by atoms with Crippen LogP contribution in [-0.2, 0) is 4.79 Å². The maximum atomic E-state index is 13.8. The quantitative estimate of drug-likeness (QED) is 0.610. The van der Waals surface area contributed by atoms with E-state index in [0.717, 1.165) is 10.6 Å². The molecule has 0 aliphatic heterocycles. The molecule has 0 saturated heterocycles. The summed E-state index contributed by atoms with van der Waals surface area (Å²) >= 11 is 2.95. The van der Waals surface area contributed by atoms with E-state index < -0.39 is 17.8 Å². The first-order valence-electron chi connectivity index (χ1n) is 8.73. The van der Waals surface area contributed by atoms with Crippen LogP contribution in [0.4, 0.5) is 9.52 Å². The summed E-state index contributed by atoms with van der Waals surface area (Å²) in [5, 5.41) is 7.71. The molecule has 146 valence electrons. The highest BCUT2D eigenvalue weighted by Gasteiger charge is 2.26. The highest BCUT2D eigenvalue weighted by molar-refractivity contribution is 7.17. The summed E-state index contributed by atoms with van der Waals surface area (Å²) in [5.74, 6) is -1.82. The van der Waals surface area contributed by atoms with Crippen molar-refractivity contribution in [3.8, 4) is 10.6 Å². The number of aryl methyl sites for hydroxylation is 1. The zero-order valence-electron chi connectivity index (χ0n) is 15.7. The number of hydrogen-bond donors (Lipinski definition) is 2. The third kappa shape index (κ3) is 4.63. The van der Waals surface area contributed by atoms with Gasteiger partial charge in [0.05, 0.1) is 16.1 Å². The molecule has 0 saturated carbocycles. The molecule has 3 aromatic rings. The lowest BCUT2D eigenvalue weighted by molar-refractivity contribution is -0.118. The van der Waals surface area contributed by atoms with Crippen molar-refractivity contribution in [3.63, 3.8) is 0 Å². The molecule has 3 rings (SSSR count). The molecule has 2 N–H and O–H groups in total. The Hall–Kier alpha value is -2.58. The molecule has 0 unspecified atom stereocenters. The van der Waals surface area contributed by atoms with Crippen molar-refractivity contribution in [1.82, 2.24) is 10.3 Å². The number of nitrogens with zero attached hydrogens (tertiary/aromatic N) is 1. The van der Waals surface area contributed by atoms with Crippen molar-refractivity contribution < 1.29 is 14.0 Å². The normalized spacial score (nSPS) is 12.0. The van der Waals surface area contributed by atoms with Gasteiger partial charge in [0.1, 0.15) is 11.9 Å². The van der Waals surface area contributed by atoms with Gasteiger partial charge < -0.3 is 10.6 Å². The Morgan fingerprint density at radius 1 is 1.14 bits per heavy atom. The highest BCUT2D eigenvalue weighted by atomic mass is 32.1. The fourth-order valence-corrected chi connectivity index (χ4v) is 4.22. The first-order chi connectivity index (χ1) is 13.3. The van der Waals surface area contributed by atoms with Gasteiger partial charge in [-0.2, -0.15) is 0 Å². The summed E-state index contributed by atoms with van der Waals surface area (Å²) in [7, 11) is 0. The summed E-state index contributed by atoms with van der Waals surface area (Å²) in [6, 6.07) is 8.87. The monoisotopic (exact) mass is 417 g/mol. The minimum absolute atomic E-state index is 0.0921. The Morgan fingerprint density at radius 3 is 2.54 bits per heavy atom. The molecule has 28 heavy (non-hydrogen) atoms. The fraction of sp³-hybridized carbons (Fsp3) is 0.250. The van der Waals surface area contributed by atoms with Gasteiger partial charge >= 0.3 is 0 Å². The Balaban J connectivity index is 1.71. The van der Waals surface area contributed by atoms with Crippen LogP contribution >= 0.6 is 22.7 Å². The molecule has 0 spiro atoms. The van der Waals surface area contributed by atoms with Crippen molar-refractivity contribution in [1.29, 1.82) is 0 Å². The zero-order valence-corrected chi connectivity index (χ0v) is 17.3. The van der Waals surface area contributed by atoms with E-state index in [0.29, 0.717) is 5.13 Å². The third-order valence-electron chi connectivity index (χ3n) is 4.08. The zero-order chi connectivity index (χ0) is 20.3. The Kier molecular flexibility index (Phi) is 6.21. The number of benzene rings is 1. The number of hydrogen-bond acceptors (Lipinski definition) is 5. The van der Waals surface area contributed by atoms with Gasteiger partial charge in [-0.25, -0.2) is 9.37 Å². The number of amides is 2. The van der Waals surface area contributed by atoms with Crippen molar-refractivity contribution >= 4 is 39.6 Å². The van der Waals surface area contributed by atoms with Crippen LogP contribution in [0.3, 0.4) is 0 Å². The second kappa shape index (κ2) is 8.62. The molecule has 0 aliphatic carbocycles. The van der Waals surface area contributed by atoms with Gasteiger partial charge in [0.2, 0.25) is 5.91 Å². The third-order valence-corrected chi connectivity index (χ3v) is 5.86. The second-order valence-electron chi connectivity index (χ2n) is 6.61. The Labute approximate surface area is 170 Å². The average Bonchev–Trinajstić information content (AvgIpc) is 3.28. The number of thiophene rings is 1. The summed E-state index contributed by atoms with van der Waals surface area (Å²) in [6.45, 7) is 5.65. The summed E-state index contributed by atoms with van der Waals surface area (Å²) in [4.78, 5) is 31.8. The van der Waals surface area contributed by atoms with Crippen LogP contribution in [0.2, 0.25) is 0 Å². The molecule has 0 bridgehead atoms. The van der Waals surface area contributed by atoms with Gasteiger partial charge in [-0.1, -0.05) is 26.0 Å². The standard InChI is InChI=1S/C20H20FN3O2S2/c1-11(2)17(23-18(25)13-6-4-5-7-14(13)21)19(26)24-20-22-15(10-27-20)16-9-8-12(3)28-16/h4-11,17H,1-3H3,(H,23,25)(H,22,24,26)/t17-/m0/s1. The number of halogens is 1. The molecule has 0 radical (unpaired) electrons. The molecule has 2 heterocycles. The lowest BCUT2D eigenvalue weighted by Crippen LogP contribution is -2.47. The predicted molar refractivity (Wildman–Crippen MR) is 111 cm³/mol. The van der Waals surface area contributed by atoms with Crippen LogP contribution in [0.15, 0.2) is 41.8 Å². The number of thiazole rings is 1. The van der Waals surface area contributed by atoms with Crippen molar-refractivity contribution in [2.75, 3.05) is 5.32 Å². The number of aromatic nitrogens is 1. The molecule has 1 aromatic carbocycles. The second-order valence-corrected chi connectivity index (χ2v) is 8.76. The topological polar surface area (TPSA) is 71.1 Å². The lowest BCUT2D eigenvalue weighted by Gasteiger charge is -2.21. The molecule has 8 heteroatoms.